The summed E-state index contributed by atoms with van der Waals surface area (Å²) < 4.78 is 133. The van der Waals surface area contributed by atoms with E-state index in [1.807, 2.05) is 0 Å². The lowest BCUT2D eigenvalue weighted by molar-refractivity contribution is -0.278. The smallest absolute Gasteiger partial charge is 0.239 e. The van der Waals surface area contributed by atoms with Gasteiger partial charge in [0.25, 0.3) is 0 Å². The molecular formula is C23H34N2O7. The highest BCUT2D eigenvalue weighted by atomic mass is 16.7. The van der Waals surface area contributed by atoms with Crippen molar-refractivity contribution < 1.29 is 55.2 Å². The number of rotatable bonds is 8. The van der Waals surface area contributed by atoms with E-state index in [1.165, 1.54) is 24.3 Å². The number of aliphatic hydroxyl groups excluding tert-OH is 4. The Bertz CT molecular complexity index is 1320. The minimum atomic E-state index is -3.34. The van der Waals surface area contributed by atoms with Gasteiger partial charge in [0.2, 0.25) is 12.2 Å². The first-order valence-corrected chi connectivity index (χ1v) is 9.52. The lowest BCUT2D eigenvalue weighted by atomic mass is 9.99. The van der Waals surface area contributed by atoms with Gasteiger partial charge in [-0.1, -0.05) is 12.1 Å². The van der Waals surface area contributed by atoms with E-state index in [0.717, 1.165) is 0 Å². The van der Waals surface area contributed by atoms with Crippen molar-refractivity contribution in [3.8, 4) is 11.6 Å². The summed E-state index contributed by atoms with van der Waals surface area (Å²) in [4.78, 5) is 0. The van der Waals surface area contributed by atoms with Crippen molar-refractivity contribution in [3.63, 3.8) is 0 Å². The van der Waals surface area contributed by atoms with E-state index in [2.05, 4.69) is 5.10 Å². The molecule has 9 nitrogen and oxygen atoms in total. The van der Waals surface area contributed by atoms with Gasteiger partial charge in [-0.25, -0.2) is 0 Å². The Morgan fingerprint density at radius 2 is 1.84 bits per heavy atom. The number of hydrogen-bond donors (Lipinski definition) is 4. The fraction of sp³-hybridized carbons (Fsp3) is 0.609. The molecule has 2 aromatic rings. The predicted molar refractivity (Wildman–Crippen MR) is 117 cm³/mol. The van der Waals surface area contributed by atoms with Crippen molar-refractivity contribution >= 4 is 0 Å². The van der Waals surface area contributed by atoms with Crippen LogP contribution in [0, 0.1) is 6.85 Å². The van der Waals surface area contributed by atoms with Crippen LogP contribution in [0.25, 0.3) is 0 Å². The van der Waals surface area contributed by atoms with Crippen LogP contribution in [0.3, 0.4) is 0 Å². The third-order valence-electron chi connectivity index (χ3n) is 4.85. The molecule has 0 amide bonds. The van der Waals surface area contributed by atoms with Crippen LogP contribution in [0.4, 0.5) is 0 Å². The fourth-order valence-corrected chi connectivity index (χ4v) is 3.19. The van der Waals surface area contributed by atoms with E-state index >= 15 is 0 Å². The first-order chi connectivity index (χ1) is 21.2. The molecule has 9 heteroatoms. The molecular weight excluding hydrogens is 416 g/mol. The molecule has 0 unspecified atom stereocenters. The van der Waals surface area contributed by atoms with E-state index in [1.54, 1.807) is 0 Å². The molecule has 0 bridgehead atoms. The molecule has 1 aromatic carbocycles. The Balaban J connectivity index is 2.17. The van der Waals surface area contributed by atoms with Gasteiger partial charge in [0.05, 0.1) is 12.7 Å². The van der Waals surface area contributed by atoms with Crippen molar-refractivity contribution in [2.45, 2.75) is 83.5 Å². The Labute approximate surface area is 209 Å². The number of hydrogen-bond acceptors (Lipinski definition) is 8. The molecule has 4 N–H and O–H groups in total. The summed E-state index contributed by atoms with van der Waals surface area (Å²) >= 11 is 0. The Kier molecular flexibility index (Phi) is 3.60. The first kappa shape index (κ1) is 11.3. The van der Waals surface area contributed by atoms with Gasteiger partial charge in [0.15, 0.2) is 0 Å². The van der Waals surface area contributed by atoms with Gasteiger partial charge in [-0.05, 0) is 52.0 Å². The largest absolute Gasteiger partial charge is 0.491 e. The molecule has 1 aliphatic heterocycles. The van der Waals surface area contributed by atoms with Crippen LogP contribution in [0.15, 0.2) is 24.3 Å². The van der Waals surface area contributed by atoms with Gasteiger partial charge < -0.3 is 34.6 Å². The summed E-state index contributed by atoms with van der Waals surface area (Å²) in [5, 5.41) is 44.3. The van der Waals surface area contributed by atoms with Gasteiger partial charge >= 0.3 is 0 Å². The maximum atomic E-state index is 10.5. The summed E-state index contributed by atoms with van der Waals surface area (Å²) in [5.41, 5.74) is -1.07. The maximum absolute atomic E-state index is 10.5. The third kappa shape index (κ3) is 5.24. The van der Waals surface area contributed by atoms with E-state index in [4.69, 9.17) is 34.8 Å². The van der Waals surface area contributed by atoms with Gasteiger partial charge in [-0.15, -0.1) is 5.10 Å². The predicted octanol–water partition coefficient (Wildman–Crippen LogP) is 1.33. The van der Waals surface area contributed by atoms with E-state index < -0.39 is 107 Å². The second-order valence-corrected chi connectivity index (χ2v) is 7.11. The molecule has 1 saturated heterocycles. The zero-order chi connectivity index (χ0) is 36.1. The van der Waals surface area contributed by atoms with Crippen LogP contribution in [0.2, 0.25) is 0 Å². The summed E-state index contributed by atoms with van der Waals surface area (Å²) in [6.45, 7) is -16.8. The minimum absolute atomic E-state index is 0.180. The zero-order valence-electron chi connectivity index (χ0n) is 31.7. The van der Waals surface area contributed by atoms with E-state index in [0.29, 0.717) is 0 Å². The quantitative estimate of drug-likeness (QED) is 0.460. The van der Waals surface area contributed by atoms with Crippen LogP contribution < -0.4 is 9.47 Å². The highest BCUT2D eigenvalue weighted by Gasteiger charge is 2.45. The molecule has 0 aliphatic carbocycles. The van der Waals surface area contributed by atoms with Crippen molar-refractivity contribution in [3.05, 3.63) is 41.1 Å². The summed E-state index contributed by atoms with van der Waals surface area (Å²) in [6.07, 6.45) is -11.8. The van der Waals surface area contributed by atoms with E-state index in [9.17, 15) is 20.4 Å². The molecule has 2 heterocycles. The molecule has 1 fully saturated rings. The first-order valence-electron chi connectivity index (χ1n) is 17.0. The molecule has 1 aliphatic rings. The molecule has 0 saturated carbocycles. The molecule has 3 rings (SSSR count). The van der Waals surface area contributed by atoms with Crippen LogP contribution in [0.5, 0.6) is 11.6 Å². The lowest BCUT2D eigenvalue weighted by Crippen LogP contribution is -2.60. The van der Waals surface area contributed by atoms with Gasteiger partial charge in [0.1, 0.15) is 30.2 Å². The van der Waals surface area contributed by atoms with Crippen molar-refractivity contribution in [1.29, 1.82) is 0 Å². The molecule has 1 aromatic heterocycles. The van der Waals surface area contributed by atoms with Gasteiger partial charge in [0, 0.05) is 44.3 Å². The number of aliphatic hydroxyl groups is 4. The summed E-state index contributed by atoms with van der Waals surface area (Å²) in [7, 11) is 0. The lowest BCUT2D eigenvalue weighted by Gasteiger charge is -2.39. The molecule has 0 spiro atoms. The monoisotopic (exact) mass is 465 g/mol. The van der Waals surface area contributed by atoms with Crippen LogP contribution in [-0.4, -0.2) is 73.6 Å². The minimum Gasteiger partial charge on any atom is -0.491 e. The van der Waals surface area contributed by atoms with Gasteiger partial charge in [-0.3, -0.25) is 4.68 Å². The highest BCUT2D eigenvalue weighted by Crippen LogP contribution is 2.31. The van der Waals surface area contributed by atoms with Crippen LogP contribution in [0.1, 0.15) is 70.8 Å². The van der Waals surface area contributed by atoms with E-state index in [-0.39, 0.29) is 16.0 Å². The number of nitrogens with zero attached hydrogens (tertiary/aromatic N) is 2. The average molecular weight is 466 g/mol. The Morgan fingerprint density at radius 3 is 2.47 bits per heavy atom. The number of ether oxygens (including phenoxy) is 3. The normalized spacial score (nSPS) is 34.9. The second-order valence-electron chi connectivity index (χ2n) is 7.11. The topological polar surface area (TPSA) is 126 Å². The van der Waals surface area contributed by atoms with Crippen LogP contribution in [-0.2, 0) is 11.2 Å². The SMILES string of the molecule is [2H]C([2H])([2H])c1c(Cc2ccc(OC(C([2H])([2H])[2H])C([2H])([2H])[2H])cc2)c(O[C@@H]2O[C@H](CO)[C@@H](O)[C@H](O)[C@H]2O)nn1C(C([2H])([2H])[2H])C([2H])([2H])[2H]. The second kappa shape index (κ2) is 10.2. The summed E-state index contributed by atoms with van der Waals surface area (Å²) in [5.74, 6) is -0.912. The molecule has 0 radical (unpaired) electrons. The Hall–Kier alpha value is -2.17. The van der Waals surface area contributed by atoms with Crippen molar-refractivity contribution in [1.82, 2.24) is 9.78 Å². The zero-order valence-corrected chi connectivity index (χ0v) is 16.7. The van der Waals surface area contributed by atoms with Crippen molar-refractivity contribution in [2.24, 2.45) is 0 Å². The third-order valence-corrected chi connectivity index (χ3v) is 4.85. The Morgan fingerprint density at radius 1 is 1.09 bits per heavy atom. The van der Waals surface area contributed by atoms with Crippen LogP contribution >= 0.6 is 0 Å². The molecule has 32 heavy (non-hydrogen) atoms. The highest BCUT2D eigenvalue weighted by molar-refractivity contribution is 5.38. The maximum Gasteiger partial charge on any atom is 0.239 e. The fourth-order valence-electron chi connectivity index (χ4n) is 3.19. The average Bonchev–Trinajstić information content (AvgIpc) is 3.22. The standard InChI is InChI=1S/C23H34N2O7/c1-12(2)25-14(5)17(10-15-6-8-16(9-7-15)30-13(3)4)22(24-25)32-23-21(29)20(28)19(27)18(11-26)31-23/h6-9,12-13,18-21,23,26-29H,10-11H2,1-5H3/t18-,19-,20+,21-,23+/m1/s1/i1D3,2D3,3D3,4D3,5D3. The number of aromatic nitrogens is 2. The van der Waals surface area contributed by atoms with Crippen molar-refractivity contribution in [2.75, 3.05) is 6.61 Å². The van der Waals surface area contributed by atoms with Gasteiger partial charge in [-0.2, -0.15) is 0 Å². The molecule has 5 atom stereocenters. The summed E-state index contributed by atoms with van der Waals surface area (Å²) in [6, 6.07) is 2.43. The number of benzene rings is 1. The molecule has 178 valence electrons.